The smallest absolute Gasteiger partial charge is 0.278 e. The fraction of sp³-hybridized carbons (Fsp3) is 0.0556. The van der Waals surface area contributed by atoms with Gasteiger partial charge in [0.2, 0.25) is 5.95 Å². The van der Waals surface area contributed by atoms with Crippen molar-refractivity contribution in [3.8, 4) is 16.9 Å². The zero-order chi connectivity index (χ0) is 17.2. The fourth-order valence-electron chi connectivity index (χ4n) is 2.70. The normalized spacial score (nSPS) is 10.8. The number of fused-ring (bicyclic) bond motifs is 1. The van der Waals surface area contributed by atoms with E-state index in [1.807, 2.05) is 42.5 Å². The molecule has 0 bridgehead atoms. The van der Waals surface area contributed by atoms with E-state index >= 15 is 0 Å². The summed E-state index contributed by atoms with van der Waals surface area (Å²) in [6.07, 6.45) is 2.97. The van der Waals surface area contributed by atoms with Crippen LogP contribution in [-0.4, -0.2) is 33.0 Å². The number of hydrogen-bond acceptors (Lipinski definition) is 4. The molecule has 3 N–H and O–H groups in total. The van der Waals surface area contributed by atoms with Crippen molar-refractivity contribution >= 4 is 22.9 Å². The highest BCUT2D eigenvalue weighted by Crippen LogP contribution is 2.33. The van der Waals surface area contributed by atoms with Crippen LogP contribution in [0.25, 0.3) is 22.2 Å². The molecular formula is C18H15N5O2. The molecule has 0 fully saturated rings. The number of benzene rings is 2. The number of hydrogen-bond donors (Lipinski definition) is 3. The number of carbonyl (C=O) groups excluding carboxylic acids is 1. The summed E-state index contributed by atoms with van der Waals surface area (Å²) in [5, 5.41) is 2.72. The van der Waals surface area contributed by atoms with E-state index in [9.17, 15) is 4.79 Å². The summed E-state index contributed by atoms with van der Waals surface area (Å²) in [4.78, 5) is 26.5. The number of anilines is 1. The summed E-state index contributed by atoms with van der Waals surface area (Å²) < 4.78 is 5.41. The van der Waals surface area contributed by atoms with E-state index in [1.165, 1.54) is 12.5 Å². The van der Waals surface area contributed by atoms with Gasteiger partial charge in [0.25, 0.3) is 5.91 Å². The van der Waals surface area contributed by atoms with Gasteiger partial charge in [-0.1, -0.05) is 30.3 Å². The van der Waals surface area contributed by atoms with Gasteiger partial charge >= 0.3 is 0 Å². The zero-order valence-corrected chi connectivity index (χ0v) is 13.4. The van der Waals surface area contributed by atoms with Crippen LogP contribution in [0.1, 0.15) is 10.5 Å². The Morgan fingerprint density at radius 1 is 1.16 bits per heavy atom. The van der Waals surface area contributed by atoms with E-state index in [1.54, 1.807) is 7.11 Å². The number of nitrogens with one attached hydrogen (secondary N) is 3. The van der Waals surface area contributed by atoms with Crippen LogP contribution < -0.4 is 10.1 Å². The second-order valence-electron chi connectivity index (χ2n) is 5.40. The van der Waals surface area contributed by atoms with Crippen molar-refractivity contribution in [2.75, 3.05) is 12.4 Å². The van der Waals surface area contributed by atoms with Gasteiger partial charge in [-0.05, 0) is 17.7 Å². The summed E-state index contributed by atoms with van der Waals surface area (Å²) in [5.74, 6) is 0.646. The lowest BCUT2D eigenvalue weighted by molar-refractivity contribution is 0.102. The standard InChI is InChI=1S/C18H15N5O2/c1-25-14-8-7-12(11-5-3-2-4-6-11)15-16(14)22-18(21-15)23-17(24)13-9-19-10-20-13/h2-10H,1H3,(H,19,20)(H2,21,22,23,24). The Kier molecular flexibility index (Phi) is 3.66. The molecule has 0 saturated carbocycles. The largest absolute Gasteiger partial charge is 0.494 e. The number of imidazole rings is 2. The van der Waals surface area contributed by atoms with E-state index in [2.05, 4.69) is 25.3 Å². The van der Waals surface area contributed by atoms with Crippen LogP contribution in [0.15, 0.2) is 55.0 Å². The Morgan fingerprint density at radius 2 is 2.00 bits per heavy atom. The molecule has 0 unspecified atom stereocenters. The van der Waals surface area contributed by atoms with Crippen molar-refractivity contribution < 1.29 is 9.53 Å². The van der Waals surface area contributed by atoms with Crippen LogP contribution >= 0.6 is 0 Å². The summed E-state index contributed by atoms with van der Waals surface area (Å²) in [7, 11) is 1.60. The maximum absolute atomic E-state index is 12.2. The van der Waals surface area contributed by atoms with E-state index in [0.717, 1.165) is 22.2 Å². The number of H-pyrrole nitrogens is 2. The molecule has 2 heterocycles. The number of nitrogens with zero attached hydrogens (tertiary/aromatic N) is 2. The number of carbonyl (C=O) groups is 1. The first-order chi connectivity index (χ1) is 12.3. The van der Waals surface area contributed by atoms with Crippen LogP contribution in [0.3, 0.4) is 0 Å². The van der Waals surface area contributed by atoms with Crippen molar-refractivity contribution in [3.05, 3.63) is 60.7 Å². The first-order valence-corrected chi connectivity index (χ1v) is 7.68. The van der Waals surface area contributed by atoms with E-state index < -0.39 is 0 Å². The van der Waals surface area contributed by atoms with Crippen LogP contribution in [0.4, 0.5) is 5.95 Å². The molecule has 0 aliphatic heterocycles. The third-order valence-corrected chi connectivity index (χ3v) is 3.87. The summed E-state index contributed by atoms with van der Waals surface area (Å²) in [6, 6.07) is 13.8. The van der Waals surface area contributed by atoms with Gasteiger partial charge in [-0.15, -0.1) is 0 Å². The highest BCUT2D eigenvalue weighted by molar-refractivity contribution is 6.03. The first-order valence-electron chi connectivity index (χ1n) is 7.68. The summed E-state index contributed by atoms with van der Waals surface area (Å²) in [5.41, 5.74) is 3.72. The van der Waals surface area contributed by atoms with Gasteiger partial charge in [0.15, 0.2) is 0 Å². The molecule has 1 amide bonds. The third-order valence-electron chi connectivity index (χ3n) is 3.87. The van der Waals surface area contributed by atoms with Gasteiger partial charge in [0.1, 0.15) is 22.5 Å². The summed E-state index contributed by atoms with van der Waals surface area (Å²) >= 11 is 0. The minimum absolute atomic E-state index is 0.288. The van der Waals surface area contributed by atoms with Crippen LogP contribution in [0.5, 0.6) is 5.75 Å². The van der Waals surface area contributed by atoms with Crippen LogP contribution in [-0.2, 0) is 0 Å². The second kappa shape index (κ2) is 6.12. The molecule has 2 aromatic carbocycles. The monoisotopic (exact) mass is 333 g/mol. The Labute approximate surface area is 143 Å². The number of ether oxygens (including phenoxy) is 1. The fourth-order valence-corrected chi connectivity index (χ4v) is 2.70. The first kappa shape index (κ1) is 14.9. The molecule has 0 saturated heterocycles. The molecule has 0 atom stereocenters. The lowest BCUT2D eigenvalue weighted by Crippen LogP contribution is -2.13. The third kappa shape index (κ3) is 2.72. The SMILES string of the molecule is COc1ccc(-c2ccccc2)c2nc(NC(=O)c3c[nH]cn3)[nH]c12. The summed E-state index contributed by atoms with van der Waals surface area (Å²) in [6.45, 7) is 0. The van der Waals surface area contributed by atoms with Crippen molar-refractivity contribution in [2.24, 2.45) is 0 Å². The molecule has 0 aliphatic rings. The molecule has 0 aliphatic carbocycles. The van der Waals surface area contributed by atoms with Gasteiger partial charge in [-0.2, -0.15) is 0 Å². The Bertz CT molecular complexity index is 1020. The molecule has 7 heteroatoms. The van der Waals surface area contributed by atoms with Crippen LogP contribution in [0, 0.1) is 0 Å². The second-order valence-corrected chi connectivity index (χ2v) is 5.40. The molecular weight excluding hydrogens is 318 g/mol. The van der Waals surface area contributed by atoms with Crippen molar-refractivity contribution in [3.63, 3.8) is 0 Å². The number of rotatable bonds is 4. The lowest BCUT2D eigenvalue weighted by atomic mass is 10.0. The minimum Gasteiger partial charge on any atom is -0.494 e. The van der Waals surface area contributed by atoms with Gasteiger partial charge in [-0.25, -0.2) is 9.97 Å². The van der Waals surface area contributed by atoms with Crippen molar-refractivity contribution in [2.45, 2.75) is 0 Å². The highest BCUT2D eigenvalue weighted by atomic mass is 16.5. The number of amides is 1. The number of methoxy groups -OCH3 is 1. The predicted molar refractivity (Wildman–Crippen MR) is 94.6 cm³/mol. The molecule has 2 aromatic heterocycles. The average Bonchev–Trinajstić information content (AvgIpc) is 3.31. The number of aromatic amines is 2. The Morgan fingerprint density at radius 3 is 2.72 bits per heavy atom. The zero-order valence-electron chi connectivity index (χ0n) is 13.4. The molecule has 124 valence electrons. The number of aromatic nitrogens is 4. The van der Waals surface area contributed by atoms with Crippen LogP contribution in [0.2, 0.25) is 0 Å². The highest BCUT2D eigenvalue weighted by Gasteiger charge is 2.16. The average molecular weight is 333 g/mol. The maximum atomic E-state index is 12.2. The molecule has 4 rings (SSSR count). The maximum Gasteiger partial charge on any atom is 0.278 e. The molecule has 7 nitrogen and oxygen atoms in total. The quantitative estimate of drug-likeness (QED) is 0.534. The van der Waals surface area contributed by atoms with Gasteiger partial charge in [0, 0.05) is 11.8 Å². The Balaban J connectivity index is 1.79. The molecule has 4 aromatic rings. The lowest BCUT2D eigenvalue weighted by Gasteiger charge is -2.05. The predicted octanol–water partition coefficient (Wildman–Crippen LogP) is 3.21. The minimum atomic E-state index is -0.347. The van der Waals surface area contributed by atoms with Gasteiger partial charge in [-0.3, -0.25) is 10.1 Å². The van der Waals surface area contributed by atoms with E-state index in [-0.39, 0.29) is 11.6 Å². The molecule has 0 spiro atoms. The van der Waals surface area contributed by atoms with Crippen molar-refractivity contribution in [1.82, 2.24) is 19.9 Å². The molecule has 0 radical (unpaired) electrons. The Hall–Kier alpha value is -3.61. The van der Waals surface area contributed by atoms with Crippen molar-refractivity contribution in [1.29, 1.82) is 0 Å². The topological polar surface area (TPSA) is 95.7 Å². The van der Waals surface area contributed by atoms with E-state index in [0.29, 0.717) is 11.7 Å². The molecule has 25 heavy (non-hydrogen) atoms. The van der Waals surface area contributed by atoms with Gasteiger partial charge in [0.05, 0.1) is 13.4 Å². The van der Waals surface area contributed by atoms with E-state index in [4.69, 9.17) is 4.74 Å². The van der Waals surface area contributed by atoms with Gasteiger partial charge < -0.3 is 14.7 Å².